The molecule has 1 fully saturated rings. The van der Waals surface area contributed by atoms with Gasteiger partial charge < -0.3 is 4.57 Å². The van der Waals surface area contributed by atoms with Crippen LogP contribution in [-0.2, 0) is 0 Å². The molecule has 0 bridgehead atoms. The van der Waals surface area contributed by atoms with Crippen LogP contribution in [0.3, 0.4) is 0 Å². The van der Waals surface area contributed by atoms with Gasteiger partial charge in [0.05, 0.1) is 17.4 Å². The summed E-state index contributed by atoms with van der Waals surface area (Å²) < 4.78 is 3.48. The normalized spacial score (nSPS) is 25.3. The Labute approximate surface area is 110 Å². The number of fused-ring (bicyclic) bond motifs is 1. The van der Waals surface area contributed by atoms with Gasteiger partial charge in [0.1, 0.15) is 0 Å². The molecule has 1 aromatic carbocycles. The highest BCUT2D eigenvalue weighted by atomic mass is 79.9. The minimum atomic E-state index is 0.643. The minimum Gasteiger partial charge on any atom is -0.327 e. The van der Waals surface area contributed by atoms with E-state index in [-0.39, 0.29) is 0 Å². The van der Waals surface area contributed by atoms with Crippen LogP contribution >= 0.6 is 15.9 Å². The molecule has 2 nitrogen and oxygen atoms in total. The predicted molar refractivity (Wildman–Crippen MR) is 74.1 cm³/mol. The van der Waals surface area contributed by atoms with E-state index in [1.54, 1.807) is 0 Å². The van der Waals surface area contributed by atoms with E-state index in [1.807, 2.05) is 6.33 Å². The van der Waals surface area contributed by atoms with Crippen molar-refractivity contribution in [1.29, 1.82) is 0 Å². The molecule has 0 amide bonds. The Bertz CT molecular complexity index is 532. The number of imidazole rings is 1. The Hall–Kier alpha value is -0.830. The second-order valence-electron chi connectivity index (χ2n) is 5.21. The zero-order chi connectivity index (χ0) is 11.8. The smallest absolute Gasteiger partial charge is 0.0960 e. The van der Waals surface area contributed by atoms with Crippen molar-refractivity contribution in [1.82, 2.24) is 9.55 Å². The third-order valence-electron chi connectivity index (χ3n) is 3.84. The first-order valence-corrected chi connectivity index (χ1v) is 7.15. The van der Waals surface area contributed by atoms with E-state index in [0.29, 0.717) is 6.04 Å². The van der Waals surface area contributed by atoms with Crippen molar-refractivity contribution in [2.75, 3.05) is 0 Å². The molecule has 1 aromatic heterocycles. The Kier molecular flexibility index (Phi) is 2.95. The quantitative estimate of drug-likeness (QED) is 0.754. The fourth-order valence-corrected chi connectivity index (χ4v) is 3.30. The monoisotopic (exact) mass is 292 g/mol. The lowest BCUT2D eigenvalue weighted by Crippen LogP contribution is -2.16. The first-order valence-electron chi connectivity index (χ1n) is 6.36. The van der Waals surface area contributed by atoms with Crippen LogP contribution in [-0.4, -0.2) is 9.55 Å². The van der Waals surface area contributed by atoms with Gasteiger partial charge >= 0.3 is 0 Å². The minimum absolute atomic E-state index is 0.643. The molecule has 0 unspecified atom stereocenters. The molecule has 0 aliphatic heterocycles. The second kappa shape index (κ2) is 4.45. The summed E-state index contributed by atoms with van der Waals surface area (Å²) in [6.45, 7) is 2.36. The molecular formula is C14H17BrN2. The van der Waals surface area contributed by atoms with Crippen molar-refractivity contribution in [3.63, 3.8) is 0 Å². The molecule has 1 aliphatic rings. The van der Waals surface area contributed by atoms with Gasteiger partial charge in [-0.3, -0.25) is 0 Å². The molecule has 2 aromatic rings. The summed E-state index contributed by atoms with van der Waals surface area (Å²) in [5.41, 5.74) is 2.37. The van der Waals surface area contributed by atoms with Crippen LogP contribution in [0.5, 0.6) is 0 Å². The van der Waals surface area contributed by atoms with Gasteiger partial charge in [-0.2, -0.15) is 0 Å². The maximum Gasteiger partial charge on any atom is 0.0960 e. The van der Waals surface area contributed by atoms with Crippen molar-refractivity contribution in [2.45, 2.75) is 38.6 Å². The average Bonchev–Trinajstić information content (AvgIpc) is 2.71. The molecule has 3 heteroatoms. The Morgan fingerprint density at radius 2 is 2.24 bits per heavy atom. The fraction of sp³-hybridized carbons (Fsp3) is 0.500. The lowest BCUT2D eigenvalue weighted by Gasteiger charge is -2.28. The molecule has 1 saturated carbocycles. The molecule has 1 heterocycles. The molecule has 90 valence electrons. The Morgan fingerprint density at radius 3 is 3.06 bits per heavy atom. The maximum absolute atomic E-state index is 4.51. The zero-order valence-corrected chi connectivity index (χ0v) is 11.7. The van der Waals surface area contributed by atoms with Crippen molar-refractivity contribution in [3.05, 3.63) is 29.0 Å². The molecule has 0 saturated heterocycles. The van der Waals surface area contributed by atoms with Crippen molar-refractivity contribution < 1.29 is 0 Å². The number of aromatic nitrogens is 2. The average molecular weight is 293 g/mol. The highest BCUT2D eigenvalue weighted by molar-refractivity contribution is 9.10. The molecule has 2 atom stereocenters. The fourth-order valence-electron chi connectivity index (χ4n) is 2.95. The molecule has 0 radical (unpaired) electrons. The van der Waals surface area contributed by atoms with Crippen molar-refractivity contribution in [2.24, 2.45) is 5.92 Å². The van der Waals surface area contributed by atoms with Crippen LogP contribution in [0.4, 0.5) is 0 Å². The lowest BCUT2D eigenvalue weighted by molar-refractivity contribution is 0.286. The highest BCUT2D eigenvalue weighted by Crippen LogP contribution is 2.34. The van der Waals surface area contributed by atoms with Gasteiger partial charge in [0.2, 0.25) is 0 Å². The molecule has 0 spiro atoms. The van der Waals surface area contributed by atoms with Gasteiger partial charge in [-0.1, -0.05) is 35.7 Å². The number of benzene rings is 1. The third kappa shape index (κ3) is 2.13. The maximum atomic E-state index is 4.51. The molecule has 3 rings (SSSR count). The zero-order valence-electron chi connectivity index (χ0n) is 10.1. The summed E-state index contributed by atoms with van der Waals surface area (Å²) in [4.78, 5) is 4.51. The van der Waals surface area contributed by atoms with E-state index >= 15 is 0 Å². The first-order chi connectivity index (χ1) is 8.24. The van der Waals surface area contributed by atoms with E-state index in [4.69, 9.17) is 0 Å². The van der Waals surface area contributed by atoms with Gasteiger partial charge in [0, 0.05) is 10.5 Å². The van der Waals surface area contributed by atoms with E-state index in [0.717, 1.165) is 15.9 Å². The SMILES string of the molecule is C[C@@H]1CCC[C@@H](n2cnc3cc(Br)ccc32)C1. The number of hydrogen-bond acceptors (Lipinski definition) is 1. The topological polar surface area (TPSA) is 17.8 Å². The standard InChI is InChI=1S/C14H17BrN2/c1-10-3-2-4-12(7-10)17-9-16-13-8-11(15)5-6-14(13)17/h5-6,8-10,12H,2-4,7H2,1H3/t10-,12-/m1/s1. The highest BCUT2D eigenvalue weighted by Gasteiger charge is 2.21. The number of halogens is 1. The van der Waals surface area contributed by atoms with E-state index in [1.165, 1.54) is 31.2 Å². The lowest BCUT2D eigenvalue weighted by atomic mass is 9.87. The molecular weight excluding hydrogens is 276 g/mol. The van der Waals surface area contributed by atoms with E-state index in [2.05, 4.69) is 50.6 Å². The van der Waals surface area contributed by atoms with Crippen LogP contribution < -0.4 is 0 Å². The van der Waals surface area contributed by atoms with Crippen LogP contribution in [0, 0.1) is 5.92 Å². The van der Waals surface area contributed by atoms with Gasteiger partial charge in [0.15, 0.2) is 0 Å². The van der Waals surface area contributed by atoms with E-state index in [9.17, 15) is 0 Å². The van der Waals surface area contributed by atoms with Crippen LogP contribution in [0.15, 0.2) is 29.0 Å². The third-order valence-corrected chi connectivity index (χ3v) is 4.33. The summed E-state index contributed by atoms with van der Waals surface area (Å²) in [7, 11) is 0. The second-order valence-corrected chi connectivity index (χ2v) is 6.13. The Morgan fingerprint density at radius 1 is 1.35 bits per heavy atom. The van der Waals surface area contributed by atoms with Gasteiger partial charge in [0.25, 0.3) is 0 Å². The predicted octanol–water partition coefficient (Wildman–Crippen LogP) is 4.55. The summed E-state index contributed by atoms with van der Waals surface area (Å²) >= 11 is 3.50. The summed E-state index contributed by atoms with van der Waals surface area (Å²) in [6.07, 6.45) is 7.34. The summed E-state index contributed by atoms with van der Waals surface area (Å²) in [6, 6.07) is 7.02. The van der Waals surface area contributed by atoms with Crippen LogP contribution in [0.1, 0.15) is 38.6 Å². The van der Waals surface area contributed by atoms with E-state index < -0.39 is 0 Å². The van der Waals surface area contributed by atoms with Crippen molar-refractivity contribution >= 4 is 27.0 Å². The number of nitrogens with zero attached hydrogens (tertiary/aromatic N) is 2. The van der Waals surface area contributed by atoms with Gasteiger partial charge in [-0.05, 0) is 37.0 Å². The van der Waals surface area contributed by atoms with Crippen LogP contribution in [0.25, 0.3) is 11.0 Å². The summed E-state index contributed by atoms with van der Waals surface area (Å²) in [5, 5.41) is 0. The van der Waals surface area contributed by atoms with Crippen LogP contribution in [0.2, 0.25) is 0 Å². The summed E-state index contributed by atoms with van der Waals surface area (Å²) in [5.74, 6) is 0.849. The Balaban J connectivity index is 1.99. The molecule has 17 heavy (non-hydrogen) atoms. The number of hydrogen-bond donors (Lipinski definition) is 0. The van der Waals surface area contributed by atoms with Gasteiger partial charge in [-0.25, -0.2) is 4.98 Å². The molecule has 0 N–H and O–H groups in total. The number of rotatable bonds is 1. The molecule has 1 aliphatic carbocycles. The first kappa shape index (κ1) is 11.3. The van der Waals surface area contributed by atoms with Gasteiger partial charge in [-0.15, -0.1) is 0 Å². The van der Waals surface area contributed by atoms with Crippen molar-refractivity contribution in [3.8, 4) is 0 Å². The largest absolute Gasteiger partial charge is 0.327 e.